The molecule has 7 heteroatoms. The van der Waals surface area contributed by atoms with Crippen LogP contribution in [-0.4, -0.2) is 45.4 Å². The number of carbonyl (C=O) groups excluding carboxylic acids is 3. The minimum atomic E-state index is -0.772. The number of ketones is 1. The molecule has 0 radical (unpaired) electrons. The molecule has 0 saturated carbocycles. The van der Waals surface area contributed by atoms with Crippen LogP contribution in [0.3, 0.4) is 0 Å². The van der Waals surface area contributed by atoms with E-state index in [0.717, 1.165) is 5.69 Å². The summed E-state index contributed by atoms with van der Waals surface area (Å²) in [5.74, 6) is -1.56. The zero-order valence-electron chi connectivity index (χ0n) is 18.2. The second-order valence-electron chi connectivity index (χ2n) is 7.13. The fourth-order valence-electron chi connectivity index (χ4n) is 3.52. The van der Waals surface area contributed by atoms with Crippen molar-refractivity contribution < 1.29 is 14.4 Å². The van der Waals surface area contributed by atoms with E-state index in [9.17, 15) is 14.4 Å². The third kappa shape index (κ3) is 4.55. The van der Waals surface area contributed by atoms with Crippen molar-refractivity contribution in [3.05, 3.63) is 77.1 Å². The lowest BCUT2D eigenvalue weighted by Crippen LogP contribution is -2.30. The molecule has 1 N–H and O–H groups in total. The minimum absolute atomic E-state index is 0.122. The topological polar surface area (TPSA) is 84.3 Å². The number of rotatable bonds is 7. The van der Waals surface area contributed by atoms with Crippen molar-refractivity contribution >= 4 is 23.3 Å². The summed E-state index contributed by atoms with van der Waals surface area (Å²) in [5.41, 5.74) is 3.00. The Morgan fingerprint density at radius 2 is 1.65 bits per heavy atom. The zero-order valence-corrected chi connectivity index (χ0v) is 18.2. The molecule has 1 aromatic heterocycles. The van der Waals surface area contributed by atoms with Crippen molar-refractivity contribution in [2.24, 2.45) is 0 Å². The first-order valence-corrected chi connectivity index (χ1v) is 10.2. The molecule has 1 heterocycles. The van der Waals surface area contributed by atoms with Gasteiger partial charge in [-0.25, -0.2) is 4.68 Å². The van der Waals surface area contributed by atoms with Crippen molar-refractivity contribution in [1.82, 2.24) is 14.7 Å². The predicted octanol–water partition coefficient (Wildman–Crippen LogP) is 3.79. The number of aromatic nitrogens is 2. The maximum absolute atomic E-state index is 12.9. The van der Waals surface area contributed by atoms with Crippen LogP contribution in [0.25, 0.3) is 5.69 Å². The second-order valence-corrected chi connectivity index (χ2v) is 7.13. The van der Waals surface area contributed by atoms with Gasteiger partial charge in [0.05, 0.1) is 22.6 Å². The molecule has 0 bridgehead atoms. The minimum Gasteiger partial charge on any atom is -0.339 e. The largest absolute Gasteiger partial charge is 0.339 e. The van der Waals surface area contributed by atoms with E-state index in [0.29, 0.717) is 35.7 Å². The van der Waals surface area contributed by atoms with Gasteiger partial charge < -0.3 is 10.2 Å². The number of hydrogen-bond donors (Lipinski definition) is 1. The zero-order chi connectivity index (χ0) is 22.5. The van der Waals surface area contributed by atoms with Crippen molar-refractivity contribution in [3.8, 4) is 5.69 Å². The van der Waals surface area contributed by atoms with Gasteiger partial charge in [-0.1, -0.05) is 24.3 Å². The third-order valence-electron chi connectivity index (χ3n) is 5.14. The van der Waals surface area contributed by atoms with Crippen LogP contribution in [0.1, 0.15) is 46.0 Å². The fraction of sp³-hybridized carbons (Fsp3) is 0.250. The van der Waals surface area contributed by atoms with Gasteiger partial charge in [-0.3, -0.25) is 14.4 Å². The van der Waals surface area contributed by atoms with E-state index < -0.39 is 11.7 Å². The van der Waals surface area contributed by atoms with Crippen LogP contribution in [-0.2, 0) is 4.79 Å². The molecule has 2 aromatic carbocycles. The highest BCUT2D eigenvalue weighted by Crippen LogP contribution is 2.20. The Kier molecular flexibility index (Phi) is 6.65. The molecular formula is C24H26N4O3. The van der Waals surface area contributed by atoms with E-state index in [4.69, 9.17) is 0 Å². The lowest BCUT2D eigenvalue weighted by Gasteiger charge is -2.19. The highest BCUT2D eigenvalue weighted by molar-refractivity contribution is 6.47. The monoisotopic (exact) mass is 418 g/mol. The molecule has 31 heavy (non-hydrogen) atoms. The average molecular weight is 418 g/mol. The van der Waals surface area contributed by atoms with Gasteiger partial charge in [0.1, 0.15) is 0 Å². The molecule has 0 unspecified atom stereocenters. The smallest absolute Gasteiger partial charge is 0.296 e. The van der Waals surface area contributed by atoms with Crippen LogP contribution in [0.4, 0.5) is 5.69 Å². The Morgan fingerprint density at radius 3 is 2.29 bits per heavy atom. The summed E-state index contributed by atoms with van der Waals surface area (Å²) in [6.07, 6.45) is 0. The molecule has 0 saturated heterocycles. The van der Waals surface area contributed by atoms with E-state index in [1.807, 2.05) is 44.2 Å². The van der Waals surface area contributed by atoms with Crippen molar-refractivity contribution in [2.45, 2.75) is 27.7 Å². The SMILES string of the molecule is CCN(CC)C(=O)c1cccc(NC(=O)C(=O)c2c(C)nn(-c3ccccc3)c2C)c1. The molecule has 160 valence electrons. The number of para-hydroxylation sites is 1. The lowest BCUT2D eigenvalue weighted by atomic mass is 10.1. The number of Topliss-reactive ketones (excluding diaryl/α,β-unsaturated/α-hetero) is 1. The van der Waals surface area contributed by atoms with E-state index in [2.05, 4.69) is 10.4 Å². The van der Waals surface area contributed by atoms with Gasteiger partial charge in [-0.2, -0.15) is 5.10 Å². The van der Waals surface area contributed by atoms with Crippen LogP contribution in [0.5, 0.6) is 0 Å². The predicted molar refractivity (Wildman–Crippen MR) is 120 cm³/mol. The normalized spacial score (nSPS) is 10.6. The summed E-state index contributed by atoms with van der Waals surface area (Å²) in [6, 6.07) is 16.0. The number of nitrogens with zero attached hydrogens (tertiary/aromatic N) is 3. The molecular weight excluding hydrogens is 392 g/mol. The number of carbonyl (C=O) groups is 3. The van der Waals surface area contributed by atoms with Gasteiger partial charge in [0.2, 0.25) is 0 Å². The summed E-state index contributed by atoms with van der Waals surface area (Å²) in [4.78, 5) is 39.9. The van der Waals surface area contributed by atoms with E-state index >= 15 is 0 Å². The summed E-state index contributed by atoms with van der Waals surface area (Å²) < 4.78 is 1.65. The summed E-state index contributed by atoms with van der Waals surface area (Å²) in [7, 11) is 0. The molecule has 3 rings (SSSR count). The Morgan fingerprint density at radius 1 is 0.968 bits per heavy atom. The van der Waals surface area contributed by atoms with E-state index in [1.54, 1.807) is 47.7 Å². The fourth-order valence-corrected chi connectivity index (χ4v) is 3.52. The van der Waals surface area contributed by atoms with Gasteiger partial charge in [0, 0.05) is 24.3 Å². The molecule has 3 aromatic rings. The number of hydrogen-bond acceptors (Lipinski definition) is 4. The standard InChI is InChI=1S/C24H26N4O3/c1-5-27(6-2)24(31)18-11-10-12-19(15-18)25-23(30)22(29)21-16(3)26-28(17(21)4)20-13-8-7-9-14-20/h7-15H,5-6H2,1-4H3,(H,25,30). The Labute approximate surface area is 181 Å². The number of nitrogens with one attached hydrogen (secondary N) is 1. The van der Waals surface area contributed by atoms with Gasteiger partial charge in [-0.05, 0) is 58.0 Å². The molecule has 7 nitrogen and oxygen atoms in total. The maximum atomic E-state index is 12.9. The molecule has 0 spiro atoms. The van der Waals surface area contributed by atoms with Crippen LogP contribution in [0.15, 0.2) is 54.6 Å². The Hall–Kier alpha value is -3.74. The molecule has 0 fully saturated rings. The quantitative estimate of drug-likeness (QED) is 0.467. The first-order chi connectivity index (χ1) is 14.9. The number of benzene rings is 2. The molecule has 0 aliphatic carbocycles. The molecule has 0 aliphatic rings. The van der Waals surface area contributed by atoms with Crippen molar-refractivity contribution in [3.63, 3.8) is 0 Å². The van der Waals surface area contributed by atoms with Crippen LogP contribution < -0.4 is 5.32 Å². The Bertz CT molecular complexity index is 1120. The van der Waals surface area contributed by atoms with Gasteiger partial charge >= 0.3 is 0 Å². The summed E-state index contributed by atoms with van der Waals surface area (Å²) in [6.45, 7) is 8.47. The third-order valence-corrected chi connectivity index (χ3v) is 5.14. The van der Waals surface area contributed by atoms with E-state index in [1.165, 1.54) is 0 Å². The van der Waals surface area contributed by atoms with Crippen molar-refractivity contribution in [1.29, 1.82) is 0 Å². The van der Waals surface area contributed by atoms with Gasteiger partial charge in [-0.15, -0.1) is 0 Å². The number of aryl methyl sites for hydroxylation is 1. The number of amides is 2. The maximum Gasteiger partial charge on any atom is 0.296 e. The first kappa shape index (κ1) is 22.0. The average Bonchev–Trinajstić information content (AvgIpc) is 3.08. The molecule has 0 atom stereocenters. The van der Waals surface area contributed by atoms with E-state index in [-0.39, 0.29) is 11.5 Å². The number of anilines is 1. The highest BCUT2D eigenvalue weighted by atomic mass is 16.2. The van der Waals surface area contributed by atoms with Gasteiger partial charge in [0.15, 0.2) is 0 Å². The lowest BCUT2D eigenvalue weighted by molar-refractivity contribution is -0.112. The molecule has 0 aliphatic heterocycles. The Balaban J connectivity index is 1.82. The van der Waals surface area contributed by atoms with Crippen LogP contribution >= 0.6 is 0 Å². The second kappa shape index (κ2) is 9.38. The summed E-state index contributed by atoms with van der Waals surface area (Å²) >= 11 is 0. The molecule has 2 amide bonds. The van der Waals surface area contributed by atoms with Crippen molar-refractivity contribution in [2.75, 3.05) is 18.4 Å². The first-order valence-electron chi connectivity index (χ1n) is 10.2. The van der Waals surface area contributed by atoms with Crippen LogP contribution in [0.2, 0.25) is 0 Å². The van der Waals surface area contributed by atoms with Crippen LogP contribution in [0, 0.1) is 13.8 Å². The highest BCUT2D eigenvalue weighted by Gasteiger charge is 2.25. The summed E-state index contributed by atoms with van der Waals surface area (Å²) in [5, 5.41) is 7.05. The van der Waals surface area contributed by atoms with Gasteiger partial charge in [0.25, 0.3) is 17.6 Å².